The Labute approximate surface area is 127 Å². The second kappa shape index (κ2) is 5.73. The quantitative estimate of drug-likeness (QED) is 0.895. The molecule has 0 radical (unpaired) electrons. The van der Waals surface area contributed by atoms with Gasteiger partial charge >= 0.3 is 5.97 Å². The minimum absolute atomic E-state index is 0.156. The minimum Gasteiger partial charge on any atom is -0.481 e. The summed E-state index contributed by atoms with van der Waals surface area (Å²) in [6.07, 6.45) is 3.53. The average Bonchev–Trinajstić information content (AvgIpc) is 2.93. The Balaban J connectivity index is 1.91. The average molecular weight is 300 g/mol. The first-order valence-corrected chi connectivity index (χ1v) is 7.04. The van der Waals surface area contributed by atoms with Gasteiger partial charge in [-0.25, -0.2) is 0 Å². The van der Waals surface area contributed by atoms with E-state index in [0.717, 1.165) is 10.8 Å². The Bertz CT molecular complexity index is 718. The number of benzene rings is 1. The Kier molecular flexibility index (Phi) is 3.77. The predicted molar refractivity (Wildman–Crippen MR) is 79.6 cm³/mol. The van der Waals surface area contributed by atoms with Crippen LogP contribution in [-0.2, 0) is 9.53 Å². The van der Waals surface area contributed by atoms with Crippen molar-refractivity contribution in [2.75, 3.05) is 13.2 Å². The van der Waals surface area contributed by atoms with Gasteiger partial charge in [0, 0.05) is 24.4 Å². The summed E-state index contributed by atoms with van der Waals surface area (Å²) in [5.41, 5.74) is -0.408. The highest BCUT2D eigenvalue weighted by Crippen LogP contribution is 2.24. The molecule has 0 spiro atoms. The zero-order valence-electron chi connectivity index (χ0n) is 11.9. The largest absolute Gasteiger partial charge is 0.481 e. The van der Waals surface area contributed by atoms with Gasteiger partial charge in [0.2, 0.25) is 0 Å². The van der Waals surface area contributed by atoms with E-state index in [2.05, 4.69) is 10.3 Å². The summed E-state index contributed by atoms with van der Waals surface area (Å²) in [5, 5.41) is 13.6. The van der Waals surface area contributed by atoms with Crippen LogP contribution in [0.15, 0.2) is 36.7 Å². The third-order valence-electron chi connectivity index (χ3n) is 3.88. The number of hydrogen-bond donors (Lipinski definition) is 2. The minimum atomic E-state index is -0.957. The van der Waals surface area contributed by atoms with E-state index >= 15 is 0 Å². The van der Waals surface area contributed by atoms with Crippen LogP contribution >= 0.6 is 0 Å². The number of carbonyl (C=O) groups is 2. The first-order valence-electron chi connectivity index (χ1n) is 7.04. The number of nitrogens with one attached hydrogen (secondary N) is 1. The number of carboxylic acid groups (broad SMARTS) is 1. The second-order valence-electron chi connectivity index (χ2n) is 5.52. The fourth-order valence-electron chi connectivity index (χ4n) is 2.78. The topological polar surface area (TPSA) is 88.5 Å². The molecular weight excluding hydrogens is 284 g/mol. The zero-order chi connectivity index (χ0) is 15.6. The number of carboxylic acids is 1. The molecule has 2 heterocycles. The van der Waals surface area contributed by atoms with Crippen molar-refractivity contribution in [1.82, 2.24) is 10.3 Å². The fourth-order valence-corrected chi connectivity index (χ4v) is 2.78. The number of nitrogens with zero attached hydrogens (tertiary/aromatic N) is 1. The molecule has 1 aliphatic rings. The van der Waals surface area contributed by atoms with Crippen LogP contribution in [0.5, 0.6) is 0 Å². The second-order valence-corrected chi connectivity index (χ2v) is 5.52. The molecule has 0 saturated carbocycles. The van der Waals surface area contributed by atoms with Crippen LogP contribution in [0.25, 0.3) is 10.8 Å². The van der Waals surface area contributed by atoms with E-state index in [1.807, 2.05) is 24.3 Å². The maximum atomic E-state index is 12.6. The third kappa shape index (κ3) is 2.78. The number of aliphatic carboxylic acids is 1. The molecule has 0 bridgehead atoms. The SMILES string of the molecule is O=C(O)CC1(NC(=O)c2cncc3ccccc23)CCOC1. The van der Waals surface area contributed by atoms with E-state index < -0.39 is 11.5 Å². The van der Waals surface area contributed by atoms with Gasteiger partial charge in [0.15, 0.2) is 0 Å². The highest BCUT2D eigenvalue weighted by atomic mass is 16.5. The summed E-state index contributed by atoms with van der Waals surface area (Å²) < 4.78 is 5.29. The molecule has 2 aromatic rings. The van der Waals surface area contributed by atoms with E-state index in [1.165, 1.54) is 6.20 Å². The van der Waals surface area contributed by atoms with Gasteiger partial charge in [0.05, 0.1) is 24.1 Å². The van der Waals surface area contributed by atoms with Crippen molar-refractivity contribution >= 4 is 22.6 Å². The van der Waals surface area contributed by atoms with Gasteiger partial charge < -0.3 is 15.2 Å². The molecular formula is C16H16N2O4. The molecule has 0 aliphatic carbocycles. The smallest absolute Gasteiger partial charge is 0.305 e. The maximum Gasteiger partial charge on any atom is 0.305 e. The van der Waals surface area contributed by atoms with Gasteiger partial charge in [-0.3, -0.25) is 14.6 Å². The molecule has 22 heavy (non-hydrogen) atoms. The number of rotatable bonds is 4. The van der Waals surface area contributed by atoms with E-state index in [0.29, 0.717) is 18.6 Å². The van der Waals surface area contributed by atoms with Gasteiger partial charge in [-0.15, -0.1) is 0 Å². The highest BCUT2D eigenvalue weighted by molar-refractivity contribution is 6.06. The molecule has 6 heteroatoms. The number of amides is 1. The van der Waals surface area contributed by atoms with Gasteiger partial charge in [-0.1, -0.05) is 24.3 Å². The fraction of sp³-hybridized carbons (Fsp3) is 0.312. The van der Waals surface area contributed by atoms with Crippen LogP contribution in [-0.4, -0.2) is 40.7 Å². The van der Waals surface area contributed by atoms with Crippen LogP contribution in [0, 0.1) is 0 Å². The number of aromatic nitrogens is 1. The van der Waals surface area contributed by atoms with Crippen molar-refractivity contribution in [1.29, 1.82) is 0 Å². The molecule has 1 fully saturated rings. The van der Waals surface area contributed by atoms with Gasteiger partial charge in [-0.2, -0.15) is 0 Å². The van der Waals surface area contributed by atoms with Crippen LogP contribution < -0.4 is 5.32 Å². The first kappa shape index (κ1) is 14.5. The van der Waals surface area contributed by atoms with E-state index in [-0.39, 0.29) is 18.9 Å². The van der Waals surface area contributed by atoms with Crippen molar-refractivity contribution in [3.8, 4) is 0 Å². The summed E-state index contributed by atoms with van der Waals surface area (Å²) >= 11 is 0. The maximum absolute atomic E-state index is 12.6. The van der Waals surface area contributed by atoms with Gasteiger partial charge in [0.1, 0.15) is 0 Å². The Morgan fingerprint density at radius 1 is 1.32 bits per heavy atom. The number of hydrogen-bond acceptors (Lipinski definition) is 4. The molecule has 1 atom stereocenters. The van der Waals surface area contributed by atoms with Gasteiger partial charge in [-0.05, 0) is 11.8 Å². The third-order valence-corrected chi connectivity index (χ3v) is 3.88. The summed E-state index contributed by atoms with van der Waals surface area (Å²) in [6, 6.07) is 7.46. The highest BCUT2D eigenvalue weighted by Gasteiger charge is 2.39. The summed E-state index contributed by atoms with van der Waals surface area (Å²) in [5.74, 6) is -1.28. The van der Waals surface area contributed by atoms with Crippen LogP contribution in [0.4, 0.5) is 0 Å². The molecule has 114 valence electrons. The standard InChI is InChI=1S/C16H16N2O4/c19-14(20)7-16(5-6-22-10-16)18-15(21)13-9-17-8-11-3-1-2-4-12(11)13/h1-4,8-9H,5-7,10H2,(H,18,21)(H,19,20). The molecule has 1 amide bonds. The summed E-state index contributed by atoms with van der Waals surface area (Å²) in [6.45, 7) is 0.657. The van der Waals surface area contributed by atoms with E-state index in [4.69, 9.17) is 9.84 Å². The van der Waals surface area contributed by atoms with Crippen molar-refractivity contribution < 1.29 is 19.4 Å². The number of pyridine rings is 1. The van der Waals surface area contributed by atoms with Gasteiger partial charge in [0.25, 0.3) is 5.91 Å². The molecule has 1 saturated heterocycles. The molecule has 6 nitrogen and oxygen atoms in total. The van der Waals surface area contributed by atoms with E-state index in [1.54, 1.807) is 6.20 Å². The lowest BCUT2D eigenvalue weighted by Crippen LogP contribution is -2.50. The molecule has 1 aromatic carbocycles. The lowest BCUT2D eigenvalue weighted by molar-refractivity contribution is -0.138. The van der Waals surface area contributed by atoms with Crippen molar-refractivity contribution in [3.63, 3.8) is 0 Å². The molecule has 1 unspecified atom stereocenters. The number of ether oxygens (including phenoxy) is 1. The first-order chi connectivity index (χ1) is 10.6. The van der Waals surface area contributed by atoms with Crippen LogP contribution in [0.2, 0.25) is 0 Å². The van der Waals surface area contributed by atoms with Crippen molar-refractivity contribution in [2.45, 2.75) is 18.4 Å². The zero-order valence-corrected chi connectivity index (χ0v) is 11.9. The van der Waals surface area contributed by atoms with Crippen molar-refractivity contribution in [3.05, 3.63) is 42.2 Å². The Hall–Kier alpha value is -2.47. The lowest BCUT2D eigenvalue weighted by atomic mass is 9.93. The predicted octanol–water partition coefficient (Wildman–Crippen LogP) is 1.60. The monoisotopic (exact) mass is 300 g/mol. The van der Waals surface area contributed by atoms with Crippen LogP contribution in [0.3, 0.4) is 0 Å². The van der Waals surface area contributed by atoms with E-state index in [9.17, 15) is 9.59 Å². The molecule has 2 N–H and O–H groups in total. The molecule has 1 aliphatic heterocycles. The number of fused-ring (bicyclic) bond motifs is 1. The molecule has 3 rings (SSSR count). The normalized spacial score (nSPS) is 20.9. The number of carbonyl (C=O) groups excluding carboxylic acids is 1. The summed E-state index contributed by atoms with van der Waals surface area (Å²) in [4.78, 5) is 27.8. The van der Waals surface area contributed by atoms with Crippen molar-refractivity contribution in [2.24, 2.45) is 0 Å². The lowest BCUT2D eigenvalue weighted by Gasteiger charge is -2.27. The summed E-state index contributed by atoms with van der Waals surface area (Å²) in [7, 11) is 0. The molecule has 1 aromatic heterocycles. The Morgan fingerprint density at radius 2 is 2.14 bits per heavy atom. The van der Waals surface area contributed by atoms with Crippen LogP contribution in [0.1, 0.15) is 23.2 Å². The Morgan fingerprint density at radius 3 is 2.86 bits per heavy atom.